The number of rotatable bonds is 7. The molecule has 1 aliphatic rings. The van der Waals surface area contributed by atoms with Crippen LogP contribution in [0, 0.1) is 6.92 Å². The van der Waals surface area contributed by atoms with Crippen molar-refractivity contribution in [2.75, 3.05) is 12.0 Å². The highest BCUT2D eigenvalue weighted by Crippen LogP contribution is 2.44. The molecule has 44 heavy (non-hydrogen) atoms. The van der Waals surface area contributed by atoms with E-state index < -0.39 is 23.7 Å². The Labute approximate surface area is 268 Å². The third-order valence-corrected chi connectivity index (χ3v) is 9.68. The summed E-state index contributed by atoms with van der Waals surface area (Å²) < 4.78 is 6.99. The van der Waals surface area contributed by atoms with Crippen LogP contribution in [0.25, 0.3) is 11.4 Å². The summed E-state index contributed by atoms with van der Waals surface area (Å²) in [7, 11) is 1.27. The Hall–Kier alpha value is -4.23. The molecule has 14 heteroatoms. The number of aromatic nitrogens is 4. The summed E-state index contributed by atoms with van der Waals surface area (Å²) in [5.41, 5.74) is 2.74. The first-order chi connectivity index (χ1) is 21.2. The van der Waals surface area contributed by atoms with Crippen LogP contribution < -0.4 is 4.90 Å². The largest absolute Gasteiger partial charge is 0.505 e. The van der Waals surface area contributed by atoms with Crippen molar-refractivity contribution >= 4 is 80.5 Å². The second-order valence-corrected chi connectivity index (χ2v) is 12.7. The van der Waals surface area contributed by atoms with Gasteiger partial charge in [0.1, 0.15) is 11.3 Å². The molecule has 1 fully saturated rings. The summed E-state index contributed by atoms with van der Waals surface area (Å²) in [6.07, 6.45) is 1.71. The molecule has 5 aromatic rings. The first kappa shape index (κ1) is 29.8. The van der Waals surface area contributed by atoms with Gasteiger partial charge in [-0.15, -0.1) is 10.2 Å². The molecule has 3 aromatic heterocycles. The topological polar surface area (TPSA) is 127 Å². The molecule has 6 rings (SSSR count). The number of amides is 1. The second kappa shape index (κ2) is 12.0. The quantitative estimate of drug-likeness (QED) is 0.0517. The first-order valence-corrected chi connectivity index (χ1v) is 15.6. The number of aryl methyl sites for hydroxylation is 1. The van der Waals surface area contributed by atoms with Crippen LogP contribution in [-0.2, 0) is 20.1 Å². The summed E-state index contributed by atoms with van der Waals surface area (Å²) in [4.78, 5) is 45.1. The molecule has 1 unspecified atom stereocenters. The Bertz CT molecular complexity index is 1990. The lowest BCUT2D eigenvalue weighted by Gasteiger charge is -2.22. The van der Waals surface area contributed by atoms with E-state index in [1.54, 1.807) is 60.0 Å². The minimum Gasteiger partial charge on any atom is -0.505 e. The van der Waals surface area contributed by atoms with Crippen molar-refractivity contribution < 1.29 is 24.2 Å². The number of ketones is 1. The number of ether oxygens (including phenoxy) is 1. The van der Waals surface area contributed by atoms with Gasteiger partial charge in [-0.2, -0.15) is 0 Å². The van der Waals surface area contributed by atoms with Crippen LogP contribution in [0.5, 0.6) is 0 Å². The minimum atomic E-state index is -1.08. The molecule has 1 saturated heterocycles. The number of nitrogens with zero attached hydrogens (tertiary/aromatic N) is 5. The van der Waals surface area contributed by atoms with Crippen LogP contribution in [-0.4, -0.2) is 49.5 Å². The number of aliphatic hydroxyl groups is 1. The lowest BCUT2D eigenvalue weighted by atomic mass is 9.95. The molecule has 2 aromatic carbocycles. The van der Waals surface area contributed by atoms with Gasteiger partial charge < -0.3 is 9.84 Å². The number of carbonyl (C=O) groups excluding carboxylic acids is 3. The Kier molecular flexibility index (Phi) is 8.16. The third kappa shape index (κ3) is 5.34. The number of Topliss-reactive ketones (excluding diaryl/α,β-unsaturated/α-hetero) is 1. The zero-order valence-corrected chi connectivity index (χ0v) is 26.2. The fourth-order valence-electron chi connectivity index (χ4n) is 4.93. The number of hydrogen-bond donors (Lipinski definition) is 1. The van der Waals surface area contributed by atoms with Gasteiger partial charge in [0, 0.05) is 22.0 Å². The van der Waals surface area contributed by atoms with E-state index in [1.165, 1.54) is 35.9 Å². The highest BCUT2D eigenvalue weighted by molar-refractivity contribution is 8.00. The maximum atomic E-state index is 13.7. The van der Waals surface area contributed by atoms with E-state index in [-0.39, 0.29) is 27.7 Å². The number of fused-ring (bicyclic) bond motifs is 1. The number of benzene rings is 2. The number of esters is 1. The van der Waals surface area contributed by atoms with Crippen molar-refractivity contribution in [1.29, 1.82) is 0 Å². The number of methoxy groups -OCH3 is 1. The fourth-order valence-corrected chi connectivity index (χ4v) is 7.35. The fraction of sp³-hybridized carbons (Fsp3) is 0.133. The van der Waals surface area contributed by atoms with Gasteiger partial charge in [0.2, 0.25) is 5.13 Å². The standard InChI is InChI=1S/C30H21Cl2N5O5S2/c1-15-23(36-12-4-3-5-21(36)33-15)25(38)22-24(16-6-8-17(9-7-16)28(41)42-2)37(27(40)26(22)39)29-34-35-30(44-29)43-14-18-10-11-19(31)13-20(18)32/h3-13,24,38H,14H2,1-2H3/b25-22+. The van der Waals surface area contributed by atoms with E-state index in [0.29, 0.717) is 37.0 Å². The van der Waals surface area contributed by atoms with Crippen LogP contribution in [0.2, 0.25) is 10.0 Å². The summed E-state index contributed by atoms with van der Waals surface area (Å²) in [6.45, 7) is 1.71. The molecular weight excluding hydrogens is 645 g/mol. The summed E-state index contributed by atoms with van der Waals surface area (Å²) in [5, 5.41) is 21.4. The first-order valence-electron chi connectivity index (χ1n) is 13.0. The average Bonchev–Trinajstić information content (AvgIpc) is 3.69. The van der Waals surface area contributed by atoms with E-state index in [0.717, 1.165) is 16.9 Å². The van der Waals surface area contributed by atoms with Gasteiger partial charge in [0.15, 0.2) is 10.1 Å². The third-order valence-electron chi connectivity index (χ3n) is 6.99. The molecule has 222 valence electrons. The van der Waals surface area contributed by atoms with Gasteiger partial charge >= 0.3 is 11.9 Å². The number of thioether (sulfide) groups is 1. The lowest BCUT2D eigenvalue weighted by molar-refractivity contribution is -0.132. The SMILES string of the molecule is COC(=O)c1ccc(C2/C(=C(\O)c3c(C)nc4ccccn34)C(=O)C(=O)N2c2nnc(SCc3ccc(Cl)cc3Cl)s2)cc1. The molecule has 0 bridgehead atoms. The number of imidazole rings is 1. The van der Waals surface area contributed by atoms with E-state index >= 15 is 0 Å². The van der Waals surface area contributed by atoms with Crippen molar-refractivity contribution in [1.82, 2.24) is 19.6 Å². The predicted octanol–water partition coefficient (Wildman–Crippen LogP) is 6.51. The Morgan fingerprint density at radius 2 is 1.86 bits per heavy atom. The number of anilines is 1. The minimum absolute atomic E-state index is 0.146. The highest BCUT2D eigenvalue weighted by atomic mass is 35.5. The molecule has 0 saturated carbocycles. The maximum Gasteiger partial charge on any atom is 0.337 e. The smallest absolute Gasteiger partial charge is 0.337 e. The summed E-state index contributed by atoms with van der Waals surface area (Å²) in [5.74, 6) is -2.24. The van der Waals surface area contributed by atoms with Gasteiger partial charge in [-0.05, 0) is 54.4 Å². The van der Waals surface area contributed by atoms with E-state index in [4.69, 9.17) is 27.9 Å². The zero-order chi connectivity index (χ0) is 31.1. The number of pyridine rings is 1. The Balaban J connectivity index is 1.43. The predicted molar refractivity (Wildman–Crippen MR) is 168 cm³/mol. The normalized spacial score (nSPS) is 16.2. The second-order valence-electron chi connectivity index (χ2n) is 9.63. The molecule has 1 amide bonds. The Morgan fingerprint density at radius 3 is 2.59 bits per heavy atom. The van der Waals surface area contributed by atoms with Crippen molar-refractivity contribution in [3.63, 3.8) is 0 Å². The number of carbonyl (C=O) groups is 3. The van der Waals surface area contributed by atoms with Crippen LogP contribution >= 0.6 is 46.3 Å². The van der Waals surface area contributed by atoms with Crippen LogP contribution in [0.15, 0.2) is 76.8 Å². The maximum absolute atomic E-state index is 13.7. The van der Waals surface area contributed by atoms with Gasteiger partial charge in [-0.3, -0.25) is 18.9 Å². The van der Waals surface area contributed by atoms with Crippen LogP contribution in [0.4, 0.5) is 5.13 Å². The van der Waals surface area contributed by atoms with Crippen LogP contribution in [0.1, 0.15) is 38.9 Å². The number of hydrogen-bond acceptors (Lipinski definition) is 10. The molecule has 4 heterocycles. The molecular formula is C30H21Cl2N5O5S2. The molecule has 0 aliphatic carbocycles. The molecule has 10 nitrogen and oxygen atoms in total. The van der Waals surface area contributed by atoms with Crippen LogP contribution in [0.3, 0.4) is 0 Å². The van der Waals surface area contributed by atoms with E-state index in [1.807, 2.05) is 6.07 Å². The van der Waals surface area contributed by atoms with Gasteiger partial charge in [0.25, 0.3) is 5.78 Å². The number of aliphatic hydroxyl groups excluding tert-OH is 1. The molecule has 1 N–H and O–H groups in total. The van der Waals surface area contributed by atoms with Crippen molar-refractivity contribution in [3.8, 4) is 0 Å². The Morgan fingerprint density at radius 1 is 1.09 bits per heavy atom. The molecule has 0 spiro atoms. The summed E-state index contributed by atoms with van der Waals surface area (Å²) >= 11 is 14.8. The molecule has 1 atom stereocenters. The van der Waals surface area contributed by atoms with E-state index in [9.17, 15) is 19.5 Å². The van der Waals surface area contributed by atoms with Crippen molar-refractivity contribution in [3.05, 3.63) is 111 Å². The monoisotopic (exact) mass is 665 g/mol. The number of halogens is 2. The summed E-state index contributed by atoms with van der Waals surface area (Å²) in [6, 6.07) is 15.7. The highest BCUT2D eigenvalue weighted by Gasteiger charge is 2.49. The van der Waals surface area contributed by atoms with E-state index in [2.05, 4.69) is 15.2 Å². The van der Waals surface area contributed by atoms with Crippen molar-refractivity contribution in [2.45, 2.75) is 23.1 Å². The average molecular weight is 667 g/mol. The lowest BCUT2D eigenvalue weighted by Crippen LogP contribution is -2.29. The molecule has 1 aliphatic heterocycles. The van der Waals surface area contributed by atoms with Gasteiger partial charge in [-0.25, -0.2) is 9.78 Å². The van der Waals surface area contributed by atoms with Gasteiger partial charge in [0.05, 0.1) is 30.0 Å². The van der Waals surface area contributed by atoms with Gasteiger partial charge in [-0.1, -0.05) is 70.6 Å². The van der Waals surface area contributed by atoms with Crippen molar-refractivity contribution in [2.24, 2.45) is 0 Å². The zero-order valence-electron chi connectivity index (χ0n) is 23.0. The molecule has 0 radical (unpaired) electrons.